The van der Waals surface area contributed by atoms with Crippen molar-refractivity contribution in [2.45, 2.75) is 179 Å². The van der Waals surface area contributed by atoms with E-state index in [9.17, 15) is 43.5 Å². The Labute approximate surface area is 432 Å². The number of carbonyl (C=O) groups excluding carboxylic acids is 8. The second-order valence-corrected chi connectivity index (χ2v) is 20.5. The fourth-order valence-electron chi connectivity index (χ4n) is 8.45. The SMILES string of the molecule is CC(C)CCCC[C@@H](O)CC(=O)N[C@H](CCN)C(=O)N[C@H]1CCNC(=O)[C@H](CC(C)C)NC(=O)[C@H](CCN)NC(=O)[C@H](CCN)NC(=O)[C@H](CC(C)C)NC[C@@H](Cc2ccccc2)NC(=O)[C@H](CCN)NC1=O. The minimum absolute atomic E-state index is 0.00469. The first-order valence-corrected chi connectivity index (χ1v) is 26.4. The molecular weight excluding hydrogens is 939 g/mol. The molecule has 0 unspecified atom stereocenters. The molecule has 18 N–H and O–H groups in total. The number of unbranched alkanes of at least 4 members (excludes halogenated alkanes) is 1. The van der Waals surface area contributed by atoms with Crippen LogP contribution in [0.4, 0.5) is 0 Å². The van der Waals surface area contributed by atoms with Gasteiger partial charge in [-0.05, 0) is 107 Å². The van der Waals surface area contributed by atoms with Crippen LogP contribution in [0.5, 0.6) is 0 Å². The topological polar surface area (TPSA) is 369 Å². The Morgan fingerprint density at radius 2 is 1.12 bits per heavy atom. The first-order chi connectivity index (χ1) is 34.7. The summed E-state index contributed by atoms with van der Waals surface area (Å²) in [6, 6.07) is 0.534. The van der Waals surface area contributed by atoms with Crippen molar-refractivity contribution in [1.29, 1.82) is 0 Å². The molecule has 22 heteroatoms. The number of rotatable bonds is 24. The molecule has 1 aliphatic heterocycles. The maximum Gasteiger partial charge on any atom is 0.243 e. The van der Waals surface area contributed by atoms with E-state index in [-0.39, 0.29) is 96.1 Å². The van der Waals surface area contributed by atoms with Gasteiger partial charge in [0, 0.05) is 19.1 Å². The van der Waals surface area contributed by atoms with Gasteiger partial charge in [-0.25, -0.2) is 0 Å². The molecule has 1 saturated heterocycles. The molecule has 1 heterocycles. The summed E-state index contributed by atoms with van der Waals surface area (Å²) in [4.78, 5) is 112. The average Bonchev–Trinajstić information content (AvgIpc) is 3.32. The van der Waals surface area contributed by atoms with Gasteiger partial charge in [-0.2, -0.15) is 0 Å². The molecule has 0 spiro atoms. The summed E-state index contributed by atoms with van der Waals surface area (Å²) in [5, 5.41) is 36.0. The van der Waals surface area contributed by atoms with Gasteiger partial charge in [0.15, 0.2) is 0 Å². The Balaban J connectivity index is 2.64. The van der Waals surface area contributed by atoms with Crippen molar-refractivity contribution in [3.63, 3.8) is 0 Å². The minimum atomic E-state index is -1.40. The van der Waals surface area contributed by atoms with Crippen LogP contribution in [0.25, 0.3) is 0 Å². The summed E-state index contributed by atoms with van der Waals surface area (Å²) in [7, 11) is 0. The molecule has 1 aromatic carbocycles. The number of aliphatic hydroxyl groups excluding tert-OH is 1. The number of hydrogen-bond acceptors (Lipinski definition) is 14. The predicted octanol–water partition coefficient (Wildman–Crippen LogP) is -1.44. The van der Waals surface area contributed by atoms with Crippen molar-refractivity contribution in [3.05, 3.63) is 35.9 Å². The quantitative estimate of drug-likeness (QED) is 0.0528. The van der Waals surface area contributed by atoms with Crippen LogP contribution in [0.3, 0.4) is 0 Å². The van der Waals surface area contributed by atoms with Crippen molar-refractivity contribution in [3.8, 4) is 0 Å². The highest BCUT2D eigenvalue weighted by Gasteiger charge is 2.34. The van der Waals surface area contributed by atoms with Crippen LogP contribution >= 0.6 is 0 Å². The molecule has 1 aromatic rings. The zero-order chi connectivity index (χ0) is 54.5. The highest BCUT2D eigenvalue weighted by Crippen LogP contribution is 2.13. The van der Waals surface area contributed by atoms with E-state index in [0.29, 0.717) is 25.2 Å². The van der Waals surface area contributed by atoms with Gasteiger partial charge in [0.2, 0.25) is 47.3 Å². The molecule has 0 radical (unpaired) electrons. The standard InChI is InChI=1S/C51H91N13O9/c1-31(2)12-10-11-15-36(65)29-44(66)59-37(16-21-52)47(69)63-41-20-25-56-45(67)43(27-33(5)6)64-49(71)40(19-24-55)61-48(70)39(18-23-54)62-51(73)42(26-32(3)4)57-30-35(28-34-13-8-7-9-14-34)58-46(68)38(17-22-53)60-50(41)72/h7-9,13-14,31-33,35-43,57,65H,10-12,15-30,52-55H2,1-6H3,(H,56,67)(H,58,68)(H,59,66)(H,60,72)(H,61,70)(H,62,73)(H,63,69)(H,64,71)/t35-,36-,37-,38+,39+,40+,41+,42+,43+/m1/s1. The molecular formula is C51H91N13O9. The first-order valence-electron chi connectivity index (χ1n) is 26.4. The summed E-state index contributed by atoms with van der Waals surface area (Å²) >= 11 is 0. The van der Waals surface area contributed by atoms with Crippen LogP contribution in [-0.2, 0) is 44.8 Å². The van der Waals surface area contributed by atoms with Crippen molar-refractivity contribution < 1.29 is 43.5 Å². The second kappa shape index (κ2) is 35.0. The molecule has 0 aliphatic carbocycles. The summed E-state index contributed by atoms with van der Waals surface area (Å²) < 4.78 is 0. The fourth-order valence-corrected chi connectivity index (χ4v) is 8.45. The number of aliphatic hydroxyl groups is 1. The summed E-state index contributed by atoms with van der Waals surface area (Å²) in [6.07, 6.45) is 2.43. The van der Waals surface area contributed by atoms with Crippen LogP contribution in [0.1, 0.15) is 124 Å². The second-order valence-electron chi connectivity index (χ2n) is 20.5. The Bertz CT molecular complexity index is 1860. The lowest BCUT2D eigenvalue weighted by Gasteiger charge is -2.29. The fraction of sp³-hybridized carbons (Fsp3) is 0.725. The normalized spacial score (nSPS) is 23.3. The number of nitrogens with two attached hydrogens (primary N) is 4. The minimum Gasteiger partial charge on any atom is -0.393 e. The van der Waals surface area contributed by atoms with Crippen LogP contribution in [0, 0.1) is 17.8 Å². The van der Waals surface area contributed by atoms with E-state index >= 15 is 0 Å². The molecule has 1 fully saturated rings. The molecule has 0 bridgehead atoms. The molecule has 8 amide bonds. The lowest BCUT2D eigenvalue weighted by atomic mass is 10.0. The third-order valence-electron chi connectivity index (χ3n) is 12.4. The zero-order valence-corrected chi connectivity index (χ0v) is 44.3. The van der Waals surface area contributed by atoms with Crippen LogP contribution < -0.4 is 70.8 Å². The smallest absolute Gasteiger partial charge is 0.243 e. The molecule has 2 rings (SSSR count). The van der Waals surface area contributed by atoms with E-state index in [1.807, 2.05) is 58.0 Å². The van der Waals surface area contributed by atoms with Gasteiger partial charge in [-0.3, -0.25) is 38.4 Å². The largest absolute Gasteiger partial charge is 0.393 e. The van der Waals surface area contributed by atoms with Gasteiger partial charge in [0.05, 0.1) is 18.6 Å². The molecule has 0 saturated carbocycles. The average molecular weight is 1030 g/mol. The van der Waals surface area contributed by atoms with E-state index < -0.39 is 102 Å². The van der Waals surface area contributed by atoms with E-state index in [1.165, 1.54) is 0 Å². The highest BCUT2D eigenvalue weighted by atomic mass is 16.3. The van der Waals surface area contributed by atoms with Gasteiger partial charge >= 0.3 is 0 Å². The van der Waals surface area contributed by atoms with Gasteiger partial charge in [-0.15, -0.1) is 0 Å². The van der Waals surface area contributed by atoms with Gasteiger partial charge in [0.1, 0.15) is 36.3 Å². The van der Waals surface area contributed by atoms with E-state index in [4.69, 9.17) is 22.9 Å². The Hall–Kier alpha value is -5.26. The summed E-state index contributed by atoms with van der Waals surface area (Å²) in [6.45, 7) is 11.6. The molecule has 414 valence electrons. The molecule has 1 aliphatic rings. The Morgan fingerprint density at radius 1 is 0.616 bits per heavy atom. The third-order valence-corrected chi connectivity index (χ3v) is 12.4. The van der Waals surface area contributed by atoms with Crippen molar-refractivity contribution >= 4 is 47.3 Å². The number of nitrogens with one attached hydrogen (secondary N) is 9. The Kier molecular flexibility index (Phi) is 30.6. The van der Waals surface area contributed by atoms with Gasteiger partial charge in [-0.1, -0.05) is 91.1 Å². The lowest BCUT2D eigenvalue weighted by Crippen LogP contribution is -2.59. The van der Waals surface area contributed by atoms with Gasteiger partial charge < -0.3 is 75.9 Å². The van der Waals surface area contributed by atoms with E-state index in [1.54, 1.807) is 0 Å². The van der Waals surface area contributed by atoms with Crippen LogP contribution in [0.2, 0.25) is 0 Å². The van der Waals surface area contributed by atoms with Gasteiger partial charge in [0.25, 0.3) is 0 Å². The predicted molar refractivity (Wildman–Crippen MR) is 281 cm³/mol. The van der Waals surface area contributed by atoms with Crippen molar-refractivity contribution in [2.24, 2.45) is 40.7 Å². The zero-order valence-electron chi connectivity index (χ0n) is 44.3. The first kappa shape index (κ1) is 63.9. The van der Waals surface area contributed by atoms with Crippen molar-refractivity contribution in [1.82, 2.24) is 47.9 Å². The molecule has 73 heavy (non-hydrogen) atoms. The number of amides is 8. The monoisotopic (exact) mass is 1030 g/mol. The maximum atomic E-state index is 14.4. The van der Waals surface area contributed by atoms with E-state index in [2.05, 4.69) is 61.7 Å². The number of carbonyl (C=O) groups is 8. The Morgan fingerprint density at radius 3 is 1.66 bits per heavy atom. The van der Waals surface area contributed by atoms with Crippen molar-refractivity contribution in [2.75, 3.05) is 39.3 Å². The number of benzene rings is 1. The van der Waals surface area contributed by atoms with E-state index in [0.717, 1.165) is 24.8 Å². The molecule has 0 aromatic heterocycles. The maximum absolute atomic E-state index is 14.4. The highest BCUT2D eigenvalue weighted by molar-refractivity contribution is 5.96. The lowest BCUT2D eigenvalue weighted by molar-refractivity contribution is -0.134. The summed E-state index contributed by atoms with van der Waals surface area (Å²) in [5.74, 6) is -4.85. The molecule has 22 nitrogen and oxygen atoms in total. The van der Waals surface area contributed by atoms with Crippen LogP contribution in [0.15, 0.2) is 30.3 Å². The number of hydrogen-bond donors (Lipinski definition) is 14. The summed E-state index contributed by atoms with van der Waals surface area (Å²) in [5.41, 5.74) is 24.6. The molecule has 9 atom stereocenters. The third kappa shape index (κ3) is 25.5. The van der Waals surface area contributed by atoms with Crippen LogP contribution in [-0.4, -0.2) is 146 Å².